The van der Waals surface area contributed by atoms with Gasteiger partial charge >= 0.3 is 0 Å². The van der Waals surface area contributed by atoms with Gasteiger partial charge in [-0.15, -0.1) is 6.58 Å². The molecule has 2 aliphatic heterocycles. The summed E-state index contributed by atoms with van der Waals surface area (Å²) in [5, 5.41) is 0. The second-order valence-corrected chi connectivity index (χ2v) is 9.05. The maximum absolute atomic E-state index is 12.5. The molecule has 2 heterocycles. The van der Waals surface area contributed by atoms with Crippen LogP contribution in [0.5, 0.6) is 0 Å². The Morgan fingerprint density at radius 3 is 2.84 bits per heavy atom. The Morgan fingerprint density at radius 2 is 2.16 bits per heavy atom. The zero-order valence-corrected chi connectivity index (χ0v) is 16.8. The number of thiocarbonyl (C=S) groups is 1. The van der Waals surface area contributed by atoms with Crippen molar-refractivity contribution in [2.45, 2.75) is 38.6 Å². The average Bonchev–Trinajstić information content (AvgIpc) is 2.80. The molecular weight excluding hydrogens is 348 g/mol. The standard InChI is InChI=1S/C20H24N2OS2/c1-6-9-22-18(23)17(25-19(22)24)11-14-7-8-16-15(10-14)13(2)12-20(3,4)21(16)5/h6-8,10-11,13H,1,9,12H2,2-5H3/b17-11+. The van der Waals surface area contributed by atoms with Crippen molar-refractivity contribution in [3.05, 3.63) is 46.9 Å². The van der Waals surface area contributed by atoms with E-state index in [0.717, 1.165) is 12.0 Å². The average molecular weight is 373 g/mol. The fourth-order valence-corrected chi connectivity index (χ4v) is 4.90. The van der Waals surface area contributed by atoms with Crippen LogP contribution in [0.15, 0.2) is 35.8 Å². The monoisotopic (exact) mass is 372 g/mol. The first-order chi connectivity index (χ1) is 11.7. The summed E-state index contributed by atoms with van der Waals surface area (Å²) >= 11 is 6.67. The number of carbonyl (C=O) groups excluding carboxylic acids is 1. The van der Waals surface area contributed by atoms with Gasteiger partial charge in [0.05, 0.1) is 4.91 Å². The number of thioether (sulfide) groups is 1. The zero-order chi connectivity index (χ0) is 18.4. The van der Waals surface area contributed by atoms with Crippen molar-refractivity contribution in [1.82, 2.24) is 4.90 Å². The predicted molar refractivity (Wildman–Crippen MR) is 112 cm³/mol. The van der Waals surface area contributed by atoms with Gasteiger partial charge in [-0.1, -0.05) is 43.0 Å². The molecule has 0 spiro atoms. The van der Waals surface area contributed by atoms with E-state index in [1.807, 2.05) is 6.08 Å². The minimum absolute atomic E-state index is 0.0288. The fraction of sp³-hybridized carbons (Fsp3) is 0.400. The topological polar surface area (TPSA) is 23.6 Å². The summed E-state index contributed by atoms with van der Waals surface area (Å²) in [5.74, 6) is 0.462. The lowest BCUT2D eigenvalue weighted by atomic mass is 9.80. The third kappa shape index (κ3) is 3.27. The number of nitrogens with zero attached hydrogens (tertiary/aromatic N) is 2. The molecule has 1 amide bonds. The Labute approximate surface area is 159 Å². The third-order valence-electron chi connectivity index (χ3n) is 5.14. The van der Waals surface area contributed by atoms with Crippen molar-refractivity contribution in [3.63, 3.8) is 0 Å². The van der Waals surface area contributed by atoms with E-state index in [9.17, 15) is 4.79 Å². The number of benzene rings is 1. The van der Waals surface area contributed by atoms with Gasteiger partial charge in [-0.25, -0.2) is 0 Å². The normalized spacial score (nSPS) is 24.0. The molecule has 1 fully saturated rings. The summed E-state index contributed by atoms with van der Waals surface area (Å²) in [6, 6.07) is 6.47. The van der Waals surface area contributed by atoms with E-state index in [1.165, 1.54) is 23.0 Å². The van der Waals surface area contributed by atoms with E-state index < -0.39 is 0 Å². The van der Waals surface area contributed by atoms with Crippen molar-refractivity contribution >= 4 is 46.0 Å². The lowest BCUT2D eigenvalue weighted by molar-refractivity contribution is -0.121. The van der Waals surface area contributed by atoms with Crippen LogP contribution in [0.4, 0.5) is 5.69 Å². The van der Waals surface area contributed by atoms with Gasteiger partial charge in [-0.3, -0.25) is 9.69 Å². The molecule has 1 unspecified atom stereocenters. The maximum Gasteiger partial charge on any atom is 0.266 e. The van der Waals surface area contributed by atoms with Gasteiger partial charge in [-0.2, -0.15) is 0 Å². The smallest absolute Gasteiger partial charge is 0.266 e. The van der Waals surface area contributed by atoms with Crippen molar-refractivity contribution in [2.75, 3.05) is 18.5 Å². The van der Waals surface area contributed by atoms with E-state index in [4.69, 9.17) is 12.2 Å². The molecule has 0 saturated carbocycles. The molecule has 3 rings (SSSR count). The Balaban J connectivity index is 1.94. The molecule has 0 bridgehead atoms. The second-order valence-electron chi connectivity index (χ2n) is 7.38. The summed E-state index contributed by atoms with van der Waals surface area (Å²) in [7, 11) is 2.16. The highest BCUT2D eigenvalue weighted by atomic mass is 32.2. The summed E-state index contributed by atoms with van der Waals surface area (Å²) in [6.07, 6.45) is 4.77. The van der Waals surface area contributed by atoms with Gasteiger partial charge in [0, 0.05) is 24.8 Å². The van der Waals surface area contributed by atoms with Crippen LogP contribution in [-0.2, 0) is 4.79 Å². The summed E-state index contributed by atoms with van der Waals surface area (Å²) in [5.41, 5.74) is 3.83. The van der Waals surface area contributed by atoms with Crippen LogP contribution in [0, 0.1) is 0 Å². The molecule has 0 aromatic heterocycles. The maximum atomic E-state index is 12.5. The molecule has 1 saturated heterocycles. The molecule has 25 heavy (non-hydrogen) atoms. The minimum atomic E-state index is -0.0288. The third-order valence-corrected chi connectivity index (χ3v) is 6.52. The van der Waals surface area contributed by atoms with Gasteiger partial charge in [0.1, 0.15) is 4.32 Å². The zero-order valence-electron chi connectivity index (χ0n) is 15.2. The number of hydrogen-bond donors (Lipinski definition) is 0. The Kier molecular flexibility index (Phi) is 4.82. The second kappa shape index (κ2) is 6.61. The van der Waals surface area contributed by atoms with Gasteiger partial charge in [0.15, 0.2) is 0 Å². The van der Waals surface area contributed by atoms with E-state index in [2.05, 4.69) is 57.5 Å². The predicted octanol–water partition coefficient (Wildman–Crippen LogP) is 4.80. The first kappa shape index (κ1) is 18.2. The SMILES string of the molecule is C=CCN1C(=O)/C(=C\c2ccc3c(c2)C(C)CC(C)(C)N3C)SC1=S. The highest BCUT2D eigenvalue weighted by Gasteiger charge is 2.34. The Hall–Kier alpha value is -1.59. The molecule has 1 atom stereocenters. The molecule has 3 nitrogen and oxygen atoms in total. The van der Waals surface area contributed by atoms with Crippen LogP contribution < -0.4 is 4.90 Å². The molecule has 1 aromatic rings. The summed E-state index contributed by atoms with van der Waals surface area (Å²) in [4.78, 5) is 17.1. The van der Waals surface area contributed by atoms with Crippen LogP contribution in [-0.4, -0.2) is 34.3 Å². The molecule has 1 aromatic carbocycles. The molecule has 132 valence electrons. The lowest BCUT2D eigenvalue weighted by Crippen LogP contribution is -2.45. The van der Waals surface area contributed by atoms with Crippen LogP contribution >= 0.6 is 24.0 Å². The van der Waals surface area contributed by atoms with E-state index in [0.29, 0.717) is 21.7 Å². The van der Waals surface area contributed by atoms with E-state index in [-0.39, 0.29) is 11.4 Å². The minimum Gasteiger partial charge on any atom is -0.369 e. The first-order valence-corrected chi connectivity index (χ1v) is 9.71. The number of rotatable bonds is 3. The molecular formula is C20H24N2OS2. The van der Waals surface area contributed by atoms with Gasteiger partial charge in [0.2, 0.25) is 0 Å². The molecule has 0 aliphatic carbocycles. The van der Waals surface area contributed by atoms with Crippen molar-refractivity contribution < 1.29 is 4.79 Å². The molecule has 2 aliphatic rings. The highest BCUT2D eigenvalue weighted by molar-refractivity contribution is 8.26. The lowest BCUT2D eigenvalue weighted by Gasteiger charge is -2.45. The number of anilines is 1. The van der Waals surface area contributed by atoms with E-state index in [1.54, 1.807) is 11.0 Å². The van der Waals surface area contributed by atoms with Crippen LogP contribution in [0.2, 0.25) is 0 Å². The van der Waals surface area contributed by atoms with Gasteiger partial charge in [0.25, 0.3) is 5.91 Å². The number of hydrogen-bond acceptors (Lipinski definition) is 4. The van der Waals surface area contributed by atoms with Crippen LogP contribution in [0.3, 0.4) is 0 Å². The number of amides is 1. The van der Waals surface area contributed by atoms with Gasteiger partial charge < -0.3 is 4.90 Å². The fourth-order valence-electron chi connectivity index (χ4n) is 3.62. The van der Waals surface area contributed by atoms with Crippen molar-refractivity contribution in [3.8, 4) is 0 Å². The Morgan fingerprint density at radius 1 is 1.44 bits per heavy atom. The van der Waals surface area contributed by atoms with Crippen LogP contribution in [0.1, 0.15) is 44.2 Å². The van der Waals surface area contributed by atoms with Crippen LogP contribution in [0.25, 0.3) is 6.08 Å². The summed E-state index contributed by atoms with van der Waals surface area (Å²) in [6.45, 7) is 11.0. The Bertz CT molecular complexity index is 782. The molecule has 0 radical (unpaired) electrons. The first-order valence-electron chi connectivity index (χ1n) is 8.48. The largest absolute Gasteiger partial charge is 0.369 e. The quantitative estimate of drug-likeness (QED) is 0.432. The van der Waals surface area contributed by atoms with Crippen molar-refractivity contribution in [2.24, 2.45) is 0 Å². The molecule has 5 heteroatoms. The highest BCUT2D eigenvalue weighted by Crippen LogP contribution is 2.43. The number of carbonyl (C=O) groups is 1. The van der Waals surface area contributed by atoms with Gasteiger partial charge in [-0.05, 0) is 55.5 Å². The summed E-state index contributed by atoms with van der Waals surface area (Å²) < 4.78 is 0.601. The van der Waals surface area contributed by atoms with Crippen molar-refractivity contribution in [1.29, 1.82) is 0 Å². The molecule has 0 N–H and O–H groups in total. The van der Waals surface area contributed by atoms with E-state index >= 15 is 0 Å². The number of fused-ring (bicyclic) bond motifs is 1.